The maximum atomic E-state index is 12.4. The number of fused-ring (bicyclic) bond motifs is 1. The molecule has 28 heavy (non-hydrogen) atoms. The van der Waals surface area contributed by atoms with Crippen LogP contribution in [-0.2, 0) is 9.59 Å². The first-order valence-corrected chi connectivity index (χ1v) is 10.9. The van der Waals surface area contributed by atoms with Gasteiger partial charge in [0.05, 0.1) is 16.0 Å². The Hall–Kier alpha value is -2.38. The van der Waals surface area contributed by atoms with Gasteiger partial charge in [-0.15, -0.1) is 11.3 Å². The maximum Gasteiger partial charge on any atom is 0.234 e. The minimum absolute atomic E-state index is 0.0168. The van der Waals surface area contributed by atoms with E-state index >= 15 is 0 Å². The van der Waals surface area contributed by atoms with Gasteiger partial charge in [-0.3, -0.25) is 9.59 Å². The molecule has 0 fully saturated rings. The summed E-state index contributed by atoms with van der Waals surface area (Å²) in [6, 6.07) is 9.79. The molecule has 2 amide bonds. The number of carbonyl (C=O) groups excluding carboxylic acids is 2. The van der Waals surface area contributed by atoms with Gasteiger partial charge in [0.15, 0.2) is 4.34 Å². The number of amides is 2. The van der Waals surface area contributed by atoms with E-state index in [1.54, 1.807) is 0 Å². The Morgan fingerprint density at radius 3 is 2.43 bits per heavy atom. The lowest BCUT2D eigenvalue weighted by Gasteiger charge is -2.12. The quantitative estimate of drug-likeness (QED) is 0.538. The summed E-state index contributed by atoms with van der Waals surface area (Å²) in [5.41, 5.74) is 5.84. The molecule has 7 heteroatoms. The molecule has 0 unspecified atom stereocenters. The second kappa shape index (κ2) is 8.75. The first-order chi connectivity index (χ1) is 13.4. The highest BCUT2D eigenvalue weighted by Gasteiger charge is 2.11. The molecule has 0 bridgehead atoms. The minimum Gasteiger partial charge on any atom is -0.326 e. The third-order valence-electron chi connectivity index (χ3n) is 4.24. The van der Waals surface area contributed by atoms with Gasteiger partial charge in [0.25, 0.3) is 0 Å². The molecule has 0 spiro atoms. The van der Waals surface area contributed by atoms with E-state index in [1.165, 1.54) is 28.7 Å². The Bertz CT molecular complexity index is 1020. The lowest BCUT2D eigenvalue weighted by Crippen LogP contribution is -2.15. The zero-order chi connectivity index (χ0) is 20.3. The van der Waals surface area contributed by atoms with Crippen LogP contribution in [0.2, 0.25) is 0 Å². The average molecular weight is 414 g/mol. The summed E-state index contributed by atoms with van der Waals surface area (Å²) in [7, 11) is 0. The second-order valence-electron chi connectivity index (χ2n) is 6.67. The fourth-order valence-electron chi connectivity index (χ4n) is 2.97. The molecule has 0 radical (unpaired) electrons. The van der Waals surface area contributed by atoms with Crippen LogP contribution in [0.3, 0.4) is 0 Å². The standard InChI is InChI=1S/C21H23N3O2S2/c1-5-18(25)22-15-6-7-16-17(10-15)28-21(23-16)27-11-19(26)24-20-13(3)8-12(2)9-14(20)4/h6-10H,5,11H2,1-4H3,(H,22,25)(H,24,26). The largest absolute Gasteiger partial charge is 0.326 e. The third kappa shape index (κ3) is 4.91. The molecular weight excluding hydrogens is 390 g/mol. The molecule has 3 aromatic rings. The van der Waals surface area contributed by atoms with Gasteiger partial charge in [0, 0.05) is 17.8 Å². The first kappa shape index (κ1) is 20.4. The molecule has 5 nitrogen and oxygen atoms in total. The van der Waals surface area contributed by atoms with Crippen molar-refractivity contribution < 1.29 is 9.59 Å². The number of carbonyl (C=O) groups is 2. The molecule has 0 aliphatic heterocycles. The van der Waals surface area contributed by atoms with Crippen LogP contribution in [-0.4, -0.2) is 22.6 Å². The predicted molar refractivity (Wildman–Crippen MR) is 119 cm³/mol. The molecule has 2 aromatic carbocycles. The van der Waals surface area contributed by atoms with Gasteiger partial charge in [0.1, 0.15) is 0 Å². The Morgan fingerprint density at radius 1 is 1.04 bits per heavy atom. The number of anilines is 2. The average Bonchev–Trinajstić information content (AvgIpc) is 3.05. The van der Waals surface area contributed by atoms with E-state index < -0.39 is 0 Å². The van der Waals surface area contributed by atoms with Crippen molar-refractivity contribution in [3.05, 3.63) is 47.0 Å². The van der Waals surface area contributed by atoms with Crippen molar-refractivity contribution >= 4 is 56.5 Å². The molecule has 0 atom stereocenters. The highest BCUT2D eigenvalue weighted by atomic mass is 32.2. The number of aryl methyl sites for hydroxylation is 3. The van der Waals surface area contributed by atoms with Gasteiger partial charge >= 0.3 is 0 Å². The summed E-state index contributed by atoms with van der Waals surface area (Å²) in [6.07, 6.45) is 0.441. The smallest absolute Gasteiger partial charge is 0.234 e. The van der Waals surface area contributed by atoms with E-state index in [4.69, 9.17) is 0 Å². The van der Waals surface area contributed by atoms with Crippen molar-refractivity contribution in [2.75, 3.05) is 16.4 Å². The van der Waals surface area contributed by atoms with E-state index in [0.717, 1.165) is 37.1 Å². The van der Waals surface area contributed by atoms with Gasteiger partial charge in [-0.2, -0.15) is 0 Å². The van der Waals surface area contributed by atoms with Crippen LogP contribution in [0.4, 0.5) is 11.4 Å². The number of nitrogens with one attached hydrogen (secondary N) is 2. The first-order valence-electron chi connectivity index (χ1n) is 9.06. The molecule has 146 valence electrons. The number of rotatable bonds is 6. The molecule has 0 saturated carbocycles. The number of thiazole rings is 1. The Labute approximate surface area is 172 Å². The molecule has 0 saturated heterocycles. The van der Waals surface area contributed by atoms with Gasteiger partial charge in [-0.25, -0.2) is 4.98 Å². The Morgan fingerprint density at radius 2 is 1.75 bits per heavy atom. The number of benzene rings is 2. The van der Waals surface area contributed by atoms with Crippen LogP contribution in [0.1, 0.15) is 30.0 Å². The van der Waals surface area contributed by atoms with Crippen molar-refractivity contribution in [1.29, 1.82) is 0 Å². The fraction of sp³-hybridized carbons (Fsp3) is 0.286. The molecule has 1 aromatic heterocycles. The summed E-state index contributed by atoms with van der Waals surface area (Å²) < 4.78 is 1.82. The van der Waals surface area contributed by atoms with E-state index in [2.05, 4.69) is 27.8 Å². The highest BCUT2D eigenvalue weighted by molar-refractivity contribution is 8.01. The Balaban J connectivity index is 1.65. The van der Waals surface area contributed by atoms with Crippen LogP contribution in [0.15, 0.2) is 34.7 Å². The van der Waals surface area contributed by atoms with Crippen molar-refractivity contribution in [2.45, 2.75) is 38.5 Å². The van der Waals surface area contributed by atoms with Crippen molar-refractivity contribution in [2.24, 2.45) is 0 Å². The predicted octanol–water partition coefficient (Wildman–Crippen LogP) is 5.30. The maximum absolute atomic E-state index is 12.4. The SMILES string of the molecule is CCC(=O)Nc1ccc2nc(SCC(=O)Nc3c(C)cc(C)cc3C)sc2c1. The summed E-state index contributed by atoms with van der Waals surface area (Å²) in [4.78, 5) is 28.5. The van der Waals surface area contributed by atoms with Crippen LogP contribution in [0.25, 0.3) is 10.2 Å². The number of aromatic nitrogens is 1. The number of thioether (sulfide) groups is 1. The summed E-state index contributed by atoms with van der Waals surface area (Å²) in [5, 5.41) is 5.87. The molecule has 0 aliphatic rings. The van der Waals surface area contributed by atoms with Crippen molar-refractivity contribution in [1.82, 2.24) is 4.98 Å². The lowest BCUT2D eigenvalue weighted by atomic mass is 10.1. The zero-order valence-corrected chi connectivity index (χ0v) is 18.0. The van der Waals surface area contributed by atoms with Crippen LogP contribution in [0, 0.1) is 20.8 Å². The molecule has 0 aliphatic carbocycles. The summed E-state index contributed by atoms with van der Waals surface area (Å²) in [6.45, 7) is 7.88. The zero-order valence-electron chi connectivity index (χ0n) is 16.4. The molecule has 2 N–H and O–H groups in total. The van der Waals surface area contributed by atoms with E-state index in [-0.39, 0.29) is 11.8 Å². The normalized spacial score (nSPS) is 10.9. The Kier molecular flexibility index (Phi) is 6.36. The molecule has 1 heterocycles. The number of hydrogen-bond acceptors (Lipinski definition) is 5. The van der Waals surface area contributed by atoms with Gasteiger partial charge in [0.2, 0.25) is 11.8 Å². The lowest BCUT2D eigenvalue weighted by molar-refractivity contribution is -0.116. The van der Waals surface area contributed by atoms with Crippen molar-refractivity contribution in [3.63, 3.8) is 0 Å². The van der Waals surface area contributed by atoms with Gasteiger partial charge in [-0.1, -0.05) is 36.4 Å². The highest BCUT2D eigenvalue weighted by Crippen LogP contribution is 2.31. The van der Waals surface area contributed by atoms with Crippen LogP contribution in [0.5, 0.6) is 0 Å². The molecule has 3 rings (SSSR count). The third-order valence-corrected chi connectivity index (χ3v) is 6.40. The number of hydrogen-bond donors (Lipinski definition) is 2. The summed E-state index contributed by atoms with van der Waals surface area (Å²) in [5.74, 6) is 0.235. The van der Waals surface area contributed by atoms with Gasteiger partial charge < -0.3 is 10.6 Å². The van der Waals surface area contributed by atoms with Crippen LogP contribution < -0.4 is 10.6 Å². The molecular formula is C21H23N3O2S2. The second-order valence-corrected chi connectivity index (χ2v) is 8.93. The monoisotopic (exact) mass is 413 g/mol. The van der Waals surface area contributed by atoms with E-state index in [0.29, 0.717) is 12.2 Å². The van der Waals surface area contributed by atoms with Crippen molar-refractivity contribution in [3.8, 4) is 0 Å². The summed E-state index contributed by atoms with van der Waals surface area (Å²) >= 11 is 2.94. The van der Waals surface area contributed by atoms with Gasteiger partial charge in [-0.05, 0) is 50.1 Å². The van der Waals surface area contributed by atoms with Crippen LogP contribution >= 0.6 is 23.1 Å². The van der Waals surface area contributed by atoms with E-state index in [9.17, 15) is 9.59 Å². The number of nitrogens with zero attached hydrogens (tertiary/aromatic N) is 1. The van der Waals surface area contributed by atoms with E-state index in [1.807, 2.05) is 45.9 Å². The minimum atomic E-state index is -0.0461. The topological polar surface area (TPSA) is 71.1 Å². The fourth-order valence-corrected chi connectivity index (χ4v) is 4.88.